The Morgan fingerprint density at radius 1 is 1.19 bits per heavy atom. The Morgan fingerprint density at radius 2 is 1.86 bits per heavy atom. The summed E-state index contributed by atoms with van der Waals surface area (Å²) in [6, 6.07) is 1.99. The van der Waals surface area contributed by atoms with E-state index in [4.69, 9.17) is 0 Å². The molecule has 0 saturated carbocycles. The molecule has 0 aliphatic rings. The highest BCUT2D eigenvalue weighted by molar-refractivity contribution is 7.99. The molecule has 2 aromatic rings. The molecule has 0 spiro atoms. The minimum atomic E-state index is 0.784. The number of nitrogens with zero attached hydrogens (tertiary/aromatic N) is 4. The maximum atomic E-state index is 4.53. The van der Waals surface area contributed by atoms with E-state index in [1.807, 2.05) is 31.6 Å². The van der Waals surface area contributed by atoms with Crippen LogP contribution in [0.3, 0.4) is 0 Å². The van der Waals surface area contributed by atoms with Crippen molar-refractivity contribution in [2.45, 2.75) is 50.8 Å². The summed E-state index contributed by atoms with van der Waals surface area (Å²) < 4.78 is 1.92. The van der Waals surface area contributed by atoms with Gasteiger partial charge in [-0.25, -0.2) is 9.97 Å². The number of nitrogens with one attached hydrogen (secondary N) is 1. The fourth-order valence-electron chi connectivity index (χ4n) is 2.23. The molecule has 0 radical (unpaired) electrons. The SMILES string of the molecule is CCCNCc1c(C)nn(C)c1Sc1nc(C)cc(C)n1. The van der Waals surface area contributed by atoms with E-state index >= 15 is 0 Å². The fraction of sp³-hybridized carbons (Fsp3) is 0.533. The number of hydrogen-bond donors (Lipinski definition) is 1. The molecule has 21 heavy (non-hydrogen) atoms. The summed E-state index contributed by atoms with van der Waals surface area (Å²) in [5.41, 5.74) is 4.29. The van der Waals surface area contributed by atoms with Gasteiger partial charge >= 0.3 is 0 Å². The van der Waals surface area contributed by atoms with Gasteiger partial charge in [-0.1, -0.05) is 6.92 Å². The molecule has 0 amide bonds. The van der Waals surface area contributed by atoms with Gasteiger partial charge in [-0.3, -0.25) is 4.68 Å². The smallest absolute Gasteiger partial charge is 0.194 e. The van der Waals surface area contributed by atoms with Gasteiger partial charge in [-0.05, 0) is 51.6 Å². The molecule has 0 aliphatic heterocycles. The molecule has 6 heteroatoms. The largest absolute Gasteiger partial charge is 0.313 e. The van der Waals surface area contributed by atoms with Crippen molar-refractivity contribution in [1.82, 2.24) is 25.1 Å². The molecular formula is C15H23N5S. The van der Waals surface area contributed by atoms with Crippen LogP contribution in [0.4, 0.5) is 0 Å². The summed E-state index contributed by atoms with van der Waals surface area (Å²) in [5, 5.41) is 9.87. The molecule has 2 heterocycles. The lowest BCUT2D eigenvalue weighted by atomic mass is 10.2. The van der Waals surface area contributed by atoms with E-state index in [9.17, 15) is 0 Å². The second-order valence-corrected chi connectivity index (χ2v) is 6.16. The van der Waals surface area contributed by atoms with Gasteiger partial charge in [0.15, 0.2) is 5.16 Å². The molecule has 2 rings (SSSR count). The van der Waals surface area contributed by atoms with Crippen LogP contribution in [0.25, 0.3) is 0 Å². The number of aryl methyl sites for hydroxylation is 4. The van der Waals surface area contributed by atoms with Gasteiger partial charge in [0, 0.05) is 30.5 Å². The number of rotatable bonds is 6. The third-order valence-corrected chi connectivity index (χ3v) is 4.24. The summed E-state index contributed by atoms with van der Waals surface area (Å²) in [6.45, 7) is 10.1. The lowest BCUT2D eigenvalue weighted by Gasteiger charge is -2.07. The van der Waals surface area contributed by atoms with Gasteiger partial charge < -0.3 is 5.32 Å². The van der Waals surface area contributed by atoms with Crippen LogP contribution in [0.15, 0.2) is 16.2 Å². The van der Waals surface area contributed by atoms with E-state index in [1.165, 1.54) is 5.56 Å². The van der Waals surface area contributed by atoms with Crippen LogP contribution in [0.5, 0.6) is 0 Å². The Balaban J connectivity index is 2.26. The highest BCUT2D eigenvalue weighted by Crippen LogP contribution is 2.29. The highest BCUT2D eigenvalue weighted by Gasteiger charge is 2.15. The van der Waals surface area contributed by atoms with E-state index in [2.05, 4.69) is 34.2 Å². The lowest BCUT2D eigenvalue weighted by molar-refractivity contribution is 0.652. The zero-order chi connectivity index (χ0) is 15.4. The van der Waals surface area contributed by atoms with Gasteiger partial charge in [-0.15, -0.1) is 0 Å². The average molecular weight is 305 g/mol. The van der Waals surface area contributed by atoms with Crippen LogP contribution in [0, 0.1) is 20.8 Å². The minimum absolute atomic E-state index is 0.784. The van der Waals surface area contributed by atoms with Crippen molar-refractivity contribution in [3.63, 3.8) is 0 Å². The molecule has 0 saturated heterocycles. The van der Waals surface area contributed by atoms with Crippen LogP contribution < -0.4 is 5.32 Å². The van der Waals surface area contributed by atoms with Crippen molar-refractivity contribution in [3.8, 4) is 0 Å². The molecule has 0 aromatic carbocycles. The molecule has 0 unspecified atom stereocenters. The normalized spacial score (nSPS) is 11.1. The first-order valence-electron chi connectivity index (χ1n) is 7.24. The summed E-state index contributed by atoms with van der Waals surface area (Å²) in [5.74, 6) is 0. The topological polar surface area (TPSA) is 55.6 Å². The predicted molar refractivity (Wildman–Crippen MR) is 85.6 cm³/mol. The Labute approximate surface area is 130 Å². The van der Waals surface area contributed by atoms with E-state index < -0.39 is 0 Å². The Bertz CT molecular complexity index is 601. The molecule has 0 atom stereocenters. The summed E-state index contributed by atoms with van der Waals surface area (Å²) in [4.78, 5) is 9.02. The molecular weight excluding hydrogens is 282 g/mol. The van der Waals surface area contributed by atoms with Gasteiger partial charge in [0.2, 0.25) is 0 Å². The van der Waals surface area contributed by atoms with Crippen LogP contribution in [0.1, 0.15) is 36.0 Å². The van der Waals surface area contributed by atoms with Crippen LogP contribution in [-0.4, -0.2) is 26.3 Å². The summed E-state index contributed by atoms with van der Waals surface area (Å²) in [6.07, 6.45) is 1.13. The van der Waals surface area contributed by atoms with Crippen molar-refractivity contribution in [3.05, 3.63) is 28.7 Å². The monoisotopic (exact) mass is 305 g/mol. The van der Waals surface area contributed by atoms with Crippen molar-refractivity contribution >= 4 is 11.8 Å². The second kappa shape index (κ2) is 7.04. The zero-order valence-corrected chi connectivity index (χ0v) is 14.2. The molecule has 1 N–H and O–H groups in total. The summed E-state index contributed by atoms with van der Waals surface area (Å²) in [7, 11) is 1.97. The third-order valence-electron chi connectivity index (χ3n) is 3.17. The first-order chi connectivity index (χ1) is 10.0. The molecule has 2 aromatic heterocycles. The molecule has 0 fully saturated rings. The van der Waals surface area contributed by atoms with E-state index in [0.29, 0.717) is 0 Å². The summed E-state index contributed by atoms with van der Waals surface area (Å²) >= 11 is 1.59. The fourth-order valence-corrected chi connectivity index (χ4v) is 3.30. The van der Waals surface area contributed by atoms with E-state index in [0.717, 1.165) is 46.8 Å². The van der Waals surface area contributed by atoms with Gasteiger partial charge in [0.1, 0.15) is 5.03 Å². The van der Waals surface area contributed by atoms with Crippen LogP contribution in [0.2, 0.25) is 0 Å². The van der Waals surface area contributed by atoms with Crippen LogP contribution >= 0.6 is 11.8 Å². The van der Waals surface area contributed by atoms with E-state index in [-0.39, 0.29) is 0 Å². The third kappa shape index (κ3) is 4.04. The molecule has 114 valence electrons. The maximum absolute atomic E-state index is 4.53. The van der Waals surface area contributed by atoms with Crippen molar-refractivity contribution in [2.75, 3.05) is 6.54 Å². The number of hydrogen-bond acceptors (Lipinski definition) is 5. The average Bonchev–Trinajstić information content (AvgIpc) is 2.64. The van der Waals surface area contributed by atoms with Crippen LogP contribution in [-0.2, 0) is 13.6 Å². The lowest BCUT2D eigenvalue weighted by Crippen LogP contribution is -2.14. The molecule has 0 bridgehead atoms. The standard InChI is InChI=1S/C15H23N5S/c1-6-7-16-9-13-12(4)19-20(5)14(13)21-15-17-10(2)8-11(3)18-15/h8,16H,6-7,9H2,1-5H3. The first kappa shape index (κ1) is 16.0. The van der Waals surface area contributed by atoms with Crippen molar-refractivity contribution in [2.24, 2.45) is 7.05 Å². The Hall–Kier alpha value is -1.40. The highest BCUT2D eigenvalue weighted by atomic mass is 32.2. The van der Waals surface area contributed by atoms with Gasteiger partial charge in [0.25, 0.3) is 0 Å². The van der Waals surface area contributed by atoms with Gasteiger partial charge in [0.05, 0.1) is 5.69 Å². The van der Waals surface area contributed by atoms with E-state index in [1.54, 1.807) is 11.8 Å². The second-order valence-electron chi connectivity index (χ2n) is 5.20. The first-order valence-corrected chi connectivity index (χ1v) is 8.06. The minimum Gasteiger partial charge on any atom is -0.313 e. The quantitative estimate of drug-likeness (QED) is 0.657. The van der Waals surface area contributed by atoms with Gasteiger partial charge in [-0.2, -0.15) is 5.10 Å². The van der Waals surface area contributed by atoms with Crippen molar-refractivity contribution in [1.29, 1.82) is 0 Å². The molecule has 5 nitrogen and oxygen atoms in total. The molecule has 0 aliphatic carbocycles. The maximum Gasteiger partial charge on any atom is 0.194 e. The van der Waals surface area contributed by atoms with Crippen molar-refractivity contribution < 1.29 is 0 Å². The zero-order valence-electron chi connectivity index (χ0n) is 13.4. The Morgan fingerprint density at radius 3 is 2.48 bits per heavy atom. The Kier molecular flexibility index (Phi) is 5.36. The predicted octanol–water partition coefficient (Wildman–Crippen LogP) is 2.79. The number of aromatic nitrogens is 4.